The molecule has 0 atom stereocenters. The van der Waals surface area contributed by atoms with Gasteiger partial charge >= 0.3 is 0 Å². The van der Waals surface area contributed by atoms with E-state index in [1.54, 1.807) is 6.07 Å². The lowest BCUT2D eigenvalue weighted by atomic mass is 10.2. The van der Waals surface area contributed by atoms with Gasteiger partial charge in [0.15, 0.2) is 11.5 Å². The average Bonchev–Trinajstić information content (AvgIpc) is 3.09. The lowest BCUT2D eigenvalue weighted by Gasteiger charge is -2.20. The van der Waals surface area contributed by atoms with Gasteiger partial charge in [-0.15, -0.1) is 0 Å². The van der Waals surface area contributed by atoms with Crippen molar-refractivity contribution in [1.29, 1.82) is 0 Å². The fraction of sp³-hybridized carbons (Fsp3) is 0.263. The summed E-state index contributed by atoms with van der Waals surface area (Å²) < 4.78 is 10.8. The van der Waals surface area contributed by atoms with E-state index in [0.29, 0.717) is 17.8 Å². The summed E-state index contributed by atoms with van der Waals surface area (Å²) in [6.07, 6.45) is 0. The van der Waals surface area contributed by atoms with E-state index in [1.165, 1.54) is 0 Å². The molecule has 0 amide bonds. The number of rotatable bonds is 5. The molecule has 2 heterocycles. The number of aromatic amines is 1. The van der Waals surface area contributed by atoms with Crippen molar-refractivity contribution in [3.05, 3.63) is 64.2 Å². The van der Waals surface area contributed by atoms with Gasteiger partial charge < -0.3 is 14.5 Å². The third-order valence-electron chi connectivity index (χ3n) is 4.33. The molecule has 2 aromatic carbocycles. The second-order valence-electron chi connectivity index (χ2n) is 6.02. The highest BCUT2D eigenvalue weighted by molar-refractivity contribution is 5.77. The molecule has 3 aromatic rings. The van der Waals surface area contributed by atoms with Crippen molar-refractivity contribution >= 4 is 10.9 Å². The van der Waals surface area contributed by atoms with E-state index >= 15 is 0 Å². The second kappa shape index (κ2) is 6.57. The highest BCUT2D eigenvalue weighted by Gasteiger charge is 2.15. The van der Waals surface area contributed by atoms with Gasteiger partial charge in [-0.3, -0.25) is 9.69 Å². The first-order valence-corrected chi connectivity index (χ1v) is 8.32. The van der Waals surface area contributed by atoms with Crippen LogP contribution in [-0.4, -0.2) is 28.2 Å². The molecule has 128 valence electrons. The summed E-state index contributed by atoms with van der Waals surface area (Å²) in [4.78, 5) is 21.9. The van der Waals surface area contributed by atoms with Gasteiger partial charge in [0.1, 0.15) is 5.82 Å². The van der Waals surface area contributed by atoms with E-state index in [0.717, 1.165) is 35.7 Å². The van der Waals surface area contributed by atoms with Gasteiger partial charge in [0.25, 0.3) is 5.56 Å². The highest BCUT2D eigenvalue weighted by Crippen LogP contribution is 2.32. The number of benzene rings is 2. The number of nitrogens with zero attached hydrogens (tertiary/aromatic N) is 2. The van der Waals surface area contributed by atoms with Crippen LogP contribution in [0.5, 0.6) is 11.5 Å². The van der Waals surface area contributed by atoms with Crippen molar-refractivity contribution in [2.45, 2.75) is 20.0 Å². The van der Waals surface area contributed by atoms with Crippen molar-refractivity contribution in [1.82, 2.24) is 14.9 Å². The third-order valence-corrected chi connectivity index (χ3v) is 4.33. The minimum absolute atomic E-state index is 0.0975. The van der Waals surface area contributed by atoms with Crippen LogP contribution in [0.25, 0.3) is 10.9 Å². The Morgan fingerprint density at radius 2 is 1.96 bits per heavy atom. The summed E-state index contributed by atoms with van der Waals surface area (Å²) in [6.45, 7) is 4.52. The van der Waals surface area contributed by atoms with Crippen LogP contribution in [-0.2, 0) is 13.1 Å². The summed E-state index contributed by atoms with van der Waals surface area (Å²) in [7, 11) is 0. The number of nitrogens with one attached hydrogen (secondary N) is 1. The SMILES string of the molecule is CCN(Cc1ccc2c(c1)OCO2)Cc1nc2ccccc2c(=O)[nH]1. The molecule has 1 aromatic heterocycles. The molecule has 0 spiro atoms. The van der Waals surface area contributed by atoms with Gasteiger partial charge in [0, 0.05) is 6.54 Å². The molecule has 0 fully saturated rings. The molecule has 0 saturated heterocycles. The van der Waals surface area contributed by atoms with Crippen molar-refractivity contribution < 1.29 is 9.47 Å². The van der Waals surface area contributed by atoms with Crippen LogP contribution in [0.3, 0.4) is 0 Å². The molecule has 0 bridgehead atoms. The van der Waals surface area contributed by atoms with Crippen LogP contribution in [0, 0.1) is 0 Å². The molecule has 6 heteroatoms. The highest BCUT2D eigenvalue weighted by atomic mass is 16.7. The number of aromatic nitrogens is 2. The Bertz CT molecular complexity index is 968. The molecule has 1 N–H and O–H groups in total. The first kappa shape index (κ1) is 15.7. The molecule has 0 aliphatic carbocycles. The lowest BCUT2D eigenvalue weighted by molar-refractivity contribution is 0.174. The molecule has 6 nitrogen and oxygen atoms in total. The van der Waals surface area contributed by atoms with Crippen molar-refractivity contribution in [2.75, 3.05) is 13.3 Å². The number of para-hydroxylation sites is 1. The Labute approximate surface area is 145 Å². The fourth-order valence-electron chi connectivity index (χ4n) is 3.00. The summed E-state index contributed by atoms with van der Waals surface area (Å²) in [5.41, 5.74) is 1.76. The van der Waals surface area contributed by atoms with Crippen LogP contribution >= 0.6 is 0 Å². The van der Waals surface area contributed by atoms with Gasteiger partial charge in [0.2, 0.25) is 6.79 Å². The normalized spacial score (nSPS) is 12.9. The van der Waals surface area contributed by atoms with Crippen LogP contribution in [0.1, 0.15) is 18.3 Å². The summed E-state index contributed by atoms with van der Waals surface area (Å²) in [5.74, 6) is 2.24. The van der Waals surface area contributed by atoms with E-state index in [4.69, 9.17) is 9.47 Å². The van der Waals surface area contributed by atoms with E-state index in [9.17, 15) is 4.79 Å². The number of fused-ring (bicyclic) bond motifs is 2. The average molecular weight is 337 g/mol. The Morgan fingerprint density at radius 1 is 1.12 bits per heavy atom. The Morgan fingerprint density at radius 3 is 2.84 bits per heavy atom. The number of hydrogen-bond acceptors (Lipinski definition) is 5. The zero-order chi connectivity index (χ0) is 17.2. The summed E-state index contributed by atoms with van der Waals surface area (Å²) in [6, 6.07) is 13.4. The molecule has 0 unspecified atom stereocenters. The zero-order valence-electron chi connectivity index (χ0n) is 14.0. The standard InChI is InChI=1S/C19H19N3O3/c1-2-22(10-13-7-8-16-17(9-13)25-12-24-16)11-18-20-15-6-4-3-5-14(15)19(23)21-18/h3-9H,2,10-12H2,1H3,(H,20,21,23). The van der Waals surface area contributed by atoms with Gasteiger partial charge in [-0.1, -0.05) is 25.1 Å². The van der Waals surface area contributed by atoms with Gasteiger partial charge in [-0.25, -0.2) is 4.98 Å². The number of hydrogen-bond donors (Lipinski definition) is 1. The minimum Gasteiger partial charge on any atom is -0.454 e. The molecular weight excluding hydrogens is 318 g/mol. The van der Waals surface area contributed by atoms with E-state index in [-0.39, 0.29) is 12.4 Å². The van der Waals surface area contributed by atoms with Crippen molar-refractivity contribution in [2.24, 2.45) is 0 Å². The summed E-state index contributed by atoms with van der Waals surface area (Å²) in [5, 5.41) is 0.616. The number of H-pyrrole nitrogens is 1. The van der Waals surface area contributed by atoms with E-state index < -0.39 is 0 Å². The minimum atomic E-state index is -0.0975. The van der Waals surface area contributed by atoms with Crippen molar-refractivity contribution in [3.8, 4) is 11.5 Å². The molecule has 4 rings (SSSR count). The fourth-order valence-corrected chi connectivity index (χ4v) is 3.00. The van der Waals surface area contributed by atoms with Crippen molar-refractivity contribution in [3.63, 3.8) is 0 Å². The molecule has 1 aliphatic heterocycles. The quantitative estimate of drug-likeness (QED) is 0.775. The predicted octanol–water partition coefficient (Wildman–Crippen LogP) is 2.67. The Balaban J connectivity index is 1.55. The van der Waals surface area contributed by atoms with E-state index in [2.05, 4.69) is 21.8 Å². The number of ether oxygens (including phenoxy) is 2. The van der Waals surface area contributed by atoms with Crippen LogP contribution in [0.2, 0.25) is 0 Å². The summed E-state index contributed by atoms with van der Waals surface area (Å²) >= 11 is 0. The van der Waals surface area contributed by atoms with Gasteiger partial charge in [0.05, 0.1) is 17.4 Å². The van der Waals surface area contributed by atoms with Crippen LogP contribution in [0.4, 0.5) is 0 Å². The molecular formula is C19H19N3O3. The molecule has 25 heavy (non-hydrogen) atoms. The largest absolute Gasteiger partial charge is 0.454 e. The molecule has 0 radical (unpaired) electrons. The Hall–Kier alpha value is -2.86. The van der Waals surface area contributed by atoms with Crippen LogP contribution in [0.15, 0.2) is 47.3 Å². The molecule has 0 saturated carbocycles. The third kappa shape index (κ3) is 3.21. The Kier molecular flexibility index (Phi) is 4.11. The smallest absolute Gasteiger partial charge is 0.258 e. The predicted molar refractivity (Wildman–Crippen MR) is 94.7 cm³/mol. The zero-order valence-corrected chi connectivity index (χ0v) is 14.0. The maximum Gasteiger partial charge on any atom is 0.258 e. The van der Waals surface area contributed by atoms with E-state index in [1.807, 2.05) is 36.4 Å². The van der Waals surface area contributed by atoms with Gasteiger partial charge in [-0.2, -0.15) is 0 Å². The van der Waals surface area contributed by atoms with Gasteiger partial charge in [-0.05, 0) is 36.4 Å². The lowest BCUT2D eigenvalue weighted by Crippen LogP contribution is -2.25. The monoisotopic (exact) mass is 337 g/mol. The first-order chi connectivity index (χ1) is 12.2. The second-order valence-corrected chi connectivity index (χ2v) is 6.02. The topological polar surface area (TPSA) is 67.5 Å². The molecule has 1 aliphatic rings. The maximum atomic E-state index is 12.2. The van der Waals surface area contributed by atoms with Crippen LogP contribution < -0.4 is 15.0 Å². The first-order valence-electron chi connectivity index (χ1n) is 8.32. The maximum absolute atomic E-state index is 12.2.